The average Bonchev–Trinajstić information content (AvgIpc) is 3.63. The largest absolute Gasteiger partial charge is 0.506 e. The smallest absolute Gasteiger partial charge is 0.480 e. The predicted octanol–water partition coefficient (Wildman–Crippen LogP) is 2.54. The number of nitrogens with zero attached hydrogens (tertiary/aromatic N) is 6. The van der Waals surface area contributed by atoms with Gasteiger partial charge < -0.3 is 10.4 Å². The maximum atomic E-state index is 15.1. The Hall–Kier alpha value is -6.43. The highest BCUT2D eigenvalue weighted by Crippen LogP contribution is 2.26. The molecule has 3 N–H and O–H groups in total. The molecule has 0 bridgehead atoms. The molecule has 0 saturated heterocycles. The molecule has 15 nitrogen and oxygen atoms in total. The Morgan fingerprint density at radius 2 is 1.60 bits per heavy atom. The molecule has 0 saturated carbocycles. The number of nitrogens with one attached hydrogen (secondary N) is 2. The van der Waals surface area contributed by atoms with Crippen LogP contribution < -0.4 is 14.9 Å². The average molecular weight is 704 g/mol. The molecule has 1 unspecified atom stereocenters. The number of carboxylic acids is 1. The van der Waals surface area contributed by atoms with Crippen LogP contribution in [0.1, 0.15) is 15.9 Å². The minimum absolute atomic E-state index is 0.213. The van der Waals surface area contributed by atoms with Crippen molar-refractivity contribution in [3.8, 4) is 5.69 Å². The SMILES string of the molecule is C[N+]1=C2C=NC=CC2C(=O)N(c2ccc(C[C@H](NC(=O)c3c(F)cc(NS(=O)(=O)c4ccc(-n5nccn5)cc4)cc3F)C(=O)O)cc2)C1=O. The number of hydrogen-bond acceptors (Lipinski definition) is 9. The summed E-state index contributed by atoms with van der Waals surface area (Å²) in [5.41, 5.74) is -0.210. The molecule has 2 atom stereocenters. The molecular formula is C32H25F2N8O7S+. The lowest BCUT2D eigenvalue weighted by Crippen LogP contribution is -2.54. The molecule has 6 rings (SSSR count). The number of imide groups is 1. The van der Waals surface area contributed by atoms with E-state index < -0.39 is 68.7 Å². The Balaban J connectivity index is 1.14. The number of carbonyl (C=O) groups is 4. The van der Waals surface area contributed by atoms with Crippen LogP contribution in [0.25, 0.3) is 5.69 Å². The number of urea groups is 1. The predicted molar refractivity (Wildman–Crippen MR) is 173 cm³/mol. The monoisotopic (exact) mass is 703 g/mol. The number of hydrogen-bond donors (Lipinski definition) is 3. The second-order valence-electron chi connectivity index (χ2n) is 11.0. The van der Waals surface area contributed by atoms with E-state index >= 15 is 8.78 Å². The second kappa shape index (κ2) is 13.2. The number of halogens is 2. The van der Waals surface area contributed by atoms with Crippen LogP contribution in [-0.2, 0) is 26.0 Å². The van der Waals surface area contributed by atoms with Gasteiger partial charge in [0.05, 0.1) is 41.9 Å². The van der Waals surface area contributed by atoms with Gasteiger partial charge in [0.1, 0.15) is 40.6 Å². The van der Waals surface area contributed by atoms with E-state index in [-0.39, 0.29) is 17.0 Å². The minimum atomic E-state index is -4.32. The van der Waals surface area contributed by atoms with Crippen LogP contribution in [0.4, 0.5) is 25.0 Å². The standard InChI is InChI=1S/C32H24F2N8O7S/c1-40-27-17-35-11-10-23(27)30(44)41(32(40)47)20-4-2-18(3-5-20)14-26(31(45)46)38-29(43)28-24(33)15-19(16-25(28)34)39-50(48,49)22-8-6-21(7-9-22)42-36-12-13-37-42/h2-13,15-17,23,26H,14H2,1H3,(H2-,38,39,43,45,46)/p+1/t23?,26-/m0/s1. The van der Waals surface area contributed by atoms with Gasteiger partial charge in [-0.2, -0.15) is 24.4 Å². The molecule has 3 aromatic carbocycles. The van der Waals surface area contributed by atoms with Crippen molar-refractivity contribution in [3.63, 3.8) is 0 Å². The van der Waals surface area contributed by atoms with Crippen molar-refractivity contribution in [2.24, 2.45) is 10.9 Å². The third-order valence-electron chi connectivity index (χ3n) is 7.80. The van der Waals surface area contributed by atoms with Crippen LogP contribution in [0.15, 0.2) is 95.2 Å². The lowest BCUT2D eigenvalue weighted by molar-refractivity contribution is -0.392. The van der Waals surface area contributed by atoms with Crippen LogP contribution in [0.2, 0.25) is 0 Å². The van der Waals surface area contributed by atoms with Crippen LogP contribution in [-0.4, -0.2) is 81.9 Å². The number of fused-ring (bicyclic) bond motifs is 1. The number of aliphatic carboxylic acids is 1. The van der Waals surface area contributed by atoms with E-state index in [1.165, 1.54) is 89.8 Å². The van der Waals surface area contributed by atoms with E-state index in [0.29, 0.717) is 29.1 Å². The first-order chi connectivity index (χ1) is 23.8. The zero-order valence-corrected chi connectivity index (χ0v) is 26.6. The van der Waals surface area contributed by atoms with Gasteiger partial charge in [-0.3, -0.25) is 14.5 Å². The lowest BCUT2D eigenvalue weighted by Gasteiger charge is -2.24. The fourth-order valence-electron chi connectivity index (χ4n) is 5.29. The Morgan fingerprint density at radius 1 is 0.980 bits per heavy atom. The van der Waals surface area contributed by atoms with Crippen molar-refractivity contribution in [1.82, 2.24) is 20.3 Å². The molecule has 0 fully saturated rings. The Kier molecular flexibility index (Phi) is 8.86. The number of carboxylic acid groups (broad SMARTS) is 1. The summed E-state index contributed by atoms with van der Waals surface area (Å²) in [6.07, 6.45) is 6.97. The van der Waals surface area contributed by atoms with E-state index in [0.717, 1.165) is 4.90 Å². The first-order valence-corrected chi connectivity index (χ1v) is 16.1. The first kappa shape index (κ1) is 33.5. The van der Waals surface area contributed by atoms with Crippen molar-refractivity contribution >= 4 is 57.1 Å². The molecule has 4 amide bonds. The highest BCUT2D eigenvalue weighted by molar-refractivity contribution is 7.92. The van der Waals surface area contributed by atoms with Gasteiger partial charge >= 0.3 is 17.9 Å². The normalized spacial score (nSPS) is 16.3. The molecule has 0 radical (unpaired) electrons. The fraction of sp³-hybridized carbons (Fsp3) is 0.125. The number of sulfonamides is 1. The molecule has 3 heterocycles. The first-order valence-electron chi connectivity index (χ1n) is 14.6. The molecule has 4 aromatic rings. The summed E-state index contributed by atoms with van der Waals surface area (Å²) in [4.78, 5) is 57.0. The summed E-state index contributed by atoms with van der Waals surface area (Å²) in [5.74, 6) is -7.04. The minimum Gasteiger partial charge on any atom is -0.480 e. The second-order valence-corrected chi connectivity index (χ2v) is 12.7. The van der Waals surface area contributed by atoms with Crippen molar-refractivity contribution in [2.75, 3.05) is 16.7 Å². The summed E-state index contributed by atoms with van der Waals surface area (Å²) in [7, 11) is -2.82. The molecule has 50 heavy (non-hydrogen) atoms. The van der Waals surface area contributed by atoms with E-state index in [1.807, 2.05) is 4.72 Å². The van der Waals surface area contributed by atoms with Gasteiger partial charge in [-0.05, 0) is 60.2 Å². The van der Waals surface area contributed by atoms with Crippen LogP contribution >= 0.6 is 0 Å². The number of carbonyl (C=O) groups excluding carboxylic acids is 3. The van der Waals surface area contributed by atoms with E-state index in [4.69, 9.17) is 0 Å². The lowest BCUT2D eigenvalue weighted by atomic mass is 9.97. The zero-order chi connectivity index (χ0) is 35.7. The van der Waals surface area contributed by atoms with E-state index in [9.17, 15) is 32.7 Å². The quantitative estimate of drug-likeness (QED) is 0.208. The van der Waals surface area contributed by atoms with Gasteiger partial charge in [0.15, 0.2) is 0 Å². The Bertz CT molecular complexity index is 2220. The number of aliphatic imine (C=N–C) groups is 1. The number of rotatable bonds is 10. The van der Waals surface area contributed by atoms with Gasteiger partial charge in [0, 0.05) is 12.6 Å². The zero-order valence-electron chi connectivity index (χ0n) is 25.8. The van der Waals surface area contributed by atoms with E-state index in [1.54, 1.807) is 6.08 Å². The van der Waals surface area contributed by atoms with Crippen molar-refractivity contribution < 1.29 is 46.1 Å². The molecule has 1 aromatic heterocycles. The third-order valence-corrected chi connectivity index (χ3v) is 9.20. The molecule has 2 aliphatic heterocycles. The van der Waals surface area contributed by atoms with Gasteiger partial charge in [-0.25, -0.2) is 26.8 Å². The summed E-state index contributed by atoms with van der Waals surface area (Å²) >= 11 is 0. The summed E-state index contributed by atoms with van der Waals surface area (Å²) in [6, 6.07) is 9.95. The van der Waals surface area contributed by atoms with Crippen molar-refractivity contribution in [3.05, 3.63) is 108 Å². The van der Waals surface area contributed by atoms with Gasteiger partial charge in [-0.1, -0.05) is 12.1 Å². The number of aromatic nitrogens is 3. The topological polar surface area (TPSA) is 196 Å². The molecule has 254 valence electrons. The van der Waals surface area contributed by atoms with Crippen LogP contribution in [0, 0.1) is 17.6 Å². The van der Waals surface area contributed by atoms with Gasteiger partial charge in [-0.15, -0.1) is 4.90 Å². The highest BCUT2D eigenvalue weighted by Gasteiger charge is 2.47. The summed E-state index contributed by atoms with van der Waals surface area (Å²) in [6.45, 7) is 0. The number of amides is 4. The fourth-order valence-corrected chi connectivity index (χ4v) is 6.33. The van der Waals surface area contributed by atoms with Gasteiger partial charge in [0.2, 0.25) is 0 Å². The van der Waals surface area contributed by atoms with Crippen LogP contribution in [0.5, 0.6) is 0 Å². The maximum Gasteiger partial charge on any atom is 0.506 e. The highest BCUT2D eigenvalue weighted by atomic mass is 32.2. The number of anilines is 2. The van der Waals surface area contributed by atoms with Crippen molar-refractivity contribution in [2.45, 2.75) is 17.4 Å². The summed E-state index contributed by atoms with van der Waals surface area (Å²) in [5, 5.41) is 19.7. The number of benzene rings is 3. The van der Waals surface area contributed by atoms with Crippen molar-refractivity contribution in [1.29, 1.82) is 0 Å². The van der Waals surface area contributed by atoms with E-state index in [2.05, 4.69) is 20.5 Å². The third kappa shape index (κ3) is 6.50. The molecular weight excluding hydrogens is 678 g/mol. The summed E-state index contributed by atoms with van der Waals surface area (Å²) < 4.78 is 59.2. The molecule has 2 aliphatic rings. The molecule has 0 spiro atoms. The Labute approximate surface area is 281 Å². The molecule has 0 aliphatic carbocycles. The van der Waals surface area contributed by atoms with Crippen LogP contribution in [0.3, 0.4) is 0 Å². The maximum absolute atomic E-state index is 15.1. The Morgan fingerprint density at radius 3 is 2.22 bits per heavy atom. The molecule has 18 heteroatoms. The van der Waals surface area contributed by atoms with Gasteiger partial charge in [0.25, 0.3) is 15.9 Å².